The minimum Gasteiger partial charge on any atom is -0.482 e. The zero-order chi connectivity index (χ0) is 17.6. The average molecular weight is 339 g/mol. The summed E-state index contributed by atoms with van der Waals surface area (Å²) >= 11 is 0. The van der Waals surface area contributed by atoms with Crippen molar-refractivity contribution in [2.75, 3.05) is 25.0 Å². The van der Waals surface area contributed by atoms with E-state index in [1.165, 1.54) is 0 Å². The van der Waals surface area contributed by atoms with E-state index in [0.717, 1.165) is 17.5 Å². The lowest BCUT2D eigenvalue weighted by Crippen LogP contribution is -2.34. The van der Waals surface area contributed by atoms with Gasteiger partial charge in [0.05, 0.1) is 12.1 Å². The molecule has 0 bridgehead atoms. The van der Waals surface area contributed by atoms with Gasteiger partial charge >= 0.3 is 0 Å². The third kappa shape index (κ3) is 4.35. The zero-order valence-electron chi connectivity index (χ0n) is 14.2. The first-order valence-electron chi connectivity index (χ1n) is 8.38. The SMILES string of the molecule is CCN(CCc1ccncc1)C(=O)Cc1ccc2c(c1)NC(=O)CO2. The van der Waals surface area contributed by atoms with Crippen molar-refractivity contribution in [3.05, 3.63) is 53.9 Å². The van der Waals surface area contributed by atoms with Crippen molar-refractivity contribution in [3.8, 4) is 5.75 Å². The van der Waals surface area contributed by atoms with Gasteiger partial charge in [-0.25, -0.2) is 0 Å². The smallest absolute Gasteiger partial charge is 0.262 e. The summed E-state index contributed by atoms with van der Waals surface area (Å²) in [6, 6.07) is 9.39. The molecular formula is C19H21N3O3. The number of anilines is 1. The van der Waals surface area contributed by atoms with Crippen LogP contribution < -0.4 is 10.1 Å². The van der Waals surface area contributed by atoms with Crippen LogP contribution in [0.3, 0.4) is 0 Å². The minimum absolute atomic E-state index is 0.0316. The molecule has 0 unspecified atom stereocenters. The van der Waals surface area contributed by atoms with Crippen LogP contribution in [0.1, 0.15) is 18.1 Å². The maximum absolute atomic E-state index is 12.6. The van der Waals surface area contributed by atoms with Gasteiger partial charge in [-0.2, -0.15) is 0 Å². The molecule has 25 heavy (non-hydrogen) atoms. The second-order valence-corrected chi connectivity index (χ2v) is 5.92. The molecule has 1 N–H and O–H groups in total. The molecule has 2 heterocycles. The van der Waals surface area contributed by atoms with Crippen molar-refractivity contribution in [1.29, 1.82) is 0 Å². The van der Waals surface area contributed by atoms with Crippen LogP contribution in [-0.2, 0) is 22.4 Å². The van der Waals surface area contributed by atoms with Crippen LogP contribution in [0.5, 0.6) is 5.75 Å². The van der Waals surface area contributed by atoms with E-state index in [1.807, 2.05) is 30.0 Å². The van der Waals surface area contributed by atoms with Gasteiger partial charge in [-0.1, -0.05) is 6.07 Å². The number of amides is 2. The maximum Gasteiger partial charge on any atom is 0.262 e. The molecular weight excluding hydrogens is 318 g/mol. The average Bonchev–Trinajstić information content (AvgIpc) is 2.62. The van der Waals surface area contributed by atoms with Crippen LogP contribution in [0, 0.1) is 0 Å². The summed E-state index contributed by atoms with van der Waals surface area (Å²) in [5.41, 5.74) is 2.65. The summed E-state index contributed by atoms with van der Waals surface area (Å²) in [6.07, 6.45) is 4.62. The highest BCUT2D eigenvalue weighted by molar-refractivity contribution is 5.95. The molecule has 0 spiro atoms. The molecule has 2 aromatic rings. The molecule has 1 aromatic heterocycles. The Morgan fingerprint density at radius 2 is 2.04 bits per heavy atom. The standard InChI is InChI=1S/C19H21N3O3/c1-2-22(10-7-14-5-8-20-9-6-14)19(24)12-15-3-4-17-16(11-15)21-18(23)13-25-17/h3-6,8-9,11H,2,7,10,12-13H2,1H3,(H,21,23). The molecule has 0 radical (unpaired) electrons. The first-order valence-corrected chi connectivity index (χ1v) is 8.38. The van der Waals surface area contributed by atoms with Crippen LogP contribution in [0.15, 0.2) is 42.7 Å². The monoisotopic (exact) mass is 339 g/mol. The first-order chi connectivity index (χ1) is 12.2. The quantitative estimate of drug-likeness (QED) is 0.874. The predicted molar refractivity (Wildman–Crippen MR) is 94.5 cm³/mol. The summed E-state index contributed by atoms with van der Waals surface area (Å²) in [4.78, 5) is 29.9. The van der Waals surface area contributed by atoms with E-state index < -0.39 is 0 Å². The van der Waals surface area contributed by atoms with Gasteiger partial charge in [0.25, 0.3) is 5.91 Å². The van der Waals surface area contributed by atoms with Crippen LogP contribution in [0.4, 0.5) is 5.69 Å². The summed E-state index contributed by atoms with van der Waals surface area (Å²) in [7, 11) is 0. The van der Waals surface area contributed by atoms with Crippen molar-refractivity contribution in [2.45, 2.75) is 19.8 Å². The molecule has 1 aromatic carbocycles. The number of rotatable bonds is 6. The largest absolute Gasteiger partial charge is 0.482 e. The number of hydrogen-bond donors (Lipinski definition) is 1. The molecule has 3 rings (SSSR count). The van der Waals surface area contributed by atoms with Gasteiger partial charge in [-0.3, -0.25) is 14.6 Å². The fourth-order valence-corrected chi connectivity index (χ4v) is 2.80. The lowest BCUT2D eigenvalue weighted by molar-refractivity contribution is -0.130. The van der Waals surface area contributed by atoms with Crippen molar-refractivity contribution in [1.82, 2.24) is 9.88 Å². The Balaban J connectivity index is 1.62. The predicted octanol–water partition coefficient (Wildman–Crippen LogP) is 2.05. The fourth-order valence-electron chi connectivity index (χ4n) is 2.80. The van der Waals surface area contributed by atoms with Crippen molar-refractivity contribution in [3.63, 3.8) is 0 Å². The van der Waals surface area contributed by atoms with Crippen LogP contribution in [0.25, 0.3) is 0 Å². The molecule has 130 valence electrons. The summed E-state index contributed by atoms with van der Waals surface area (Å²) in [6.45, 7) is 3.34. The lowest BCUT2D eigenvalue weighted by Gasteiger charge is -2.22. The molecule has 0 saturated heterocycles. The number of aromatic nitrogens is 1. The van der Waals surface area contributed by atoms with Gasteiger partial charge in [-0.15, -0.1) is 0 Å². The summed E-state index contributed by atoms with van der Waals surface area (Å²) < 4.78 is 5.34. The number of carbonyl (C=O) groups is 2. The van der Waals surface area contributed by atoms with E-state index in [4.69, 9.17) is 4.74 Å². The van der Waals surface area contributed by atoms with Crippen LogP contribution in [0.2, 0.25) is 0 Å². The van der Waals surface area contributed by atoms with E-state index in [9.17, 15) is 9.59 Å². The number of nitrogens with one attached hydrogen (secondary N) is 1. The second kappa shape index (κ2) is 7.79. The minimum atomic E-state index is -0.177. The lowest BCUT2D eigenvalue weighted by atomic mass is 10.1. The second-order valence-electron chi connectivity index (χ2n) is 5.92. The highest BCUT2D eigenvalue weighted by atomic mass is 16.5. The van der Waals surface area contributed by atoms with Crippen molar-refractivity contribution < 1.29 is 14.3 Å². The third-order valence-corrected chi connectivity index (χ3v) is 4.19. The fraction of sp³-hybridized carbons (Fsp3) is 0.316. The van der Waals surface area contributed by atoms with Gasteiger partial charge in [0.1, 0.15) is 5.75 Å². The maximum atomic E-state index is 12.6. The van der Waals surface area contributed by atoms with E-state index in [0.29, 0.717) is 30.9 Å². The number of fused-ring (bicyclic) bond motifs is 1. The number of pyridine rings is 1. The van der Waals surface area contributed by atoms with Gasteiger partial charge < -0.3 is 15.0 Å². The van der Waals surface area contributed by atoms with E-state index in [2.05, 4.69) is 10.3 Å². The highest BCUT2D eigenvalue weighted by Gasteiger charge is 2.18. The van der Waals surface area contributed by atoms with Crippen LogP contribution >= 0.6 is 0 Å². The van der Waals surface area contributed by atoms with Gasteiger partial charge in [0.15, 0.2) is 6.61 Å². The molecule has 0 saturated carbocycles. The third-order valence-electron chi connectivity index (χ3n) is 4.19. The number of nitrogens with zero attached hydrogens (tertiary/aromatic N) is 2. The van der Waals surface area contributed by atoms with E-state index in [-0.39, 0.29) is 18.4 Å². The number of carbonyl (C=O) groups excluding carboxylic acids is 2. The molecule has 6 nitrogen and oxygen atoms in total. The van der Waals surface area contributed by atoms with Gasteiger partial charge in [-0.05, 0) is 48.7 Å². The molecule has 1 aliphatic rings. The Bertz CT molecular complexity index is 762. The van der Waals surface area contributed by atoms with Gasteiger partial charge in [0.2, 0.25) is 5.91 Å². The Labute approximate surface area is 146 Å². The van der Waals surface area contributed by atoms with Gasteiger partial charge in [0, 0.05) is 25.5 Å². The highest BCUT2D eigenvalue weighted by Crippen LogP contribution is 2.28. The van der Waals surface area contributed by atoms with E-state index in [1.54, 1.807) is 24.5 Å². The van der Waals surface area contributed by atoms with Crippen molar-refractivity contribution in [2.24, 2.45) is 0 Å². The zero-order valence-corrected chi connectivity index (χ0v) is 14.2. The Morgan fingerprint density at radius 3 is 2.80 bits per heavy atom. The molecule has 1 aliphatic heterocycles. The number of likely N-dealkylation sites (N-methyl/N-ethyl adjacent to an activating group) is 1. The van der Waals surface area contributed by atoms with Crippen LogP contribution in [-0.4, -0.2) is 41.4 Å². The molecule has 2 amide bonds. The first kappa shape index (κ1) is 17.0. The number of hydrogen-bond acceptors (Lipinski definition) is 4. The molecule has 6 heteroatoms. The Kier molecular flexibility index (Phi) is 5.28. The Morgan fingerprint density at radius 1 is 1.24 bits per heavy atom. The molecule has 0 fully saturated rings. The van der Waals surface area contributed by atoms with E-state index >= 15 is 0 Å². The molecule has 0 aliphatic carbocycles. The topological polar surface area (TPSA) is 71.5 Å². The molecule has 0 atom stereocenters. The number of ether oxygens (including phenoxy) is 1. The number of benzene rings is 1. The normalized spacial score (nSPS) is 12.8. The van der Waals surface area contributed by atoms with Crippen molar-refractivity contribution >= 4 is 17.5 Å². The Hall–Kier alpha value is -2.89. The summed E-state index contributed by atoms with van der Waals surface area (Å²) in [5.74, 6) is 0.531. The summed E-state index contributed by atoms with van der Waals surface area (Å²) in [5, 5.41) is 2.77.